The molecule has 2 saturated heterocycles. The van der Waals surface area contributed by atoms with E-state index in [0.29, 0.717) is 37.1 Å². The second-order valence-electron chi connectivity index (χ2n) is 10.4. The van der Waals surface area contributed by atoms with Gasteiger partial charge in [-0.3, -0.25) is 4.79 Å². The number of aryl methyl sites for hydroxylation is 1. The normalized spacial score (nSPS) is 27.2. The number of carbonyl (C=O) groups is 1. The van der Waals surface area contributed by atoms with E-state index in [2.05, 4.69) is 18.2 Å². The summed E-state index contributed by atoms with van der Waals surface area (Å²) in [6.07, 6.45) is 15.2. The van der Waals surface area contributed by atoms with Crippen molar-refractivity contribution < 1.29 is 24.1 Å². The maximum atomic E-state index is 10.6. The third-order valence-electron chi connectivity index (χ3n) is 7.98. The highest BCUT2D eigenvalue weighted by Gasteiger charge is 2.47. The number of hydrogen-bond acceptors (Lipinski definition) is 4. The van der Waals surface area contributed by atoms with Crippen LogP contribution in [0.2, 0.25) is 0 Å². The van der Waals surface area contributed by atoms with Gasteiger partial charge in [-0.1, -0.05) is 31.4 Å². The molecule has 1 N–H and O–H groups in total. The molecule has 0 radical (unpaired) electrons. The van der Waals surface area contributed by atoms with Crippen molar-refractivity contribution in [2.24, 2.45) is 17.8 Å². The Morgan fingerprint density at radius 1 is 0.970 bits per heavy atom. The molecule has 2 aliphatic heterocycles. The van der Waals surface area contributed by atoms with Gasteiger partial charge in [0, 0.05) is 19.6 Å². The van der Waals surface area contributed by atoms with Crippen LogP contribution in [0.3, 0.4) is 0 Å². The van der Waals surface area contributed by atoms with E-state index in [-0.39, 0.29) is 6.42 Å². The van der Waals surface area contributed by atoms with E-state index in [9.17, 15) is 4.79 Å². The highest BCUT2D eigenvalue weighted by Crippen LogP contribution is 2.47. The molecule has 0 unspecified atom stereocenters. The third kappa shape index (κ3) is 7.45. The zero-order valence-corrected chi connectivity index (χ0v) is 20.1. The van der Waals surface area contributed by atoms with Crippen molar-refractivity contribution in [1.82, 2.24) is 0 Å². The van der Waals surface area contributed by atoms with Gasteiger partial charge in [-0.15, -0.1) is 0 Å². The molecule has 4 rings (SSSR count). The molecular weight excluding hydrogens is 416 g/mol. The Kier molecular flexibility index (Phi) is 9.48. The van der Waals surface area contributed by atoms with Gasteiger partial charge in [0.05, 0.1) is 18.8 Å². The monoisotopic (exact) mass is 458 g/mol. The summed E-state index contributed by atoms with van der Waals surface area (Å²) >= 11 is 0. The minimum atomic E-state index is -0.740. The summed E-state index contributed by atoms with van der Waals surface area (Å²) in [7, 11) is 0. The summed E-state index contributed by atoms with van der Waals surface area (Å²) < 4.78 is 18.3. The van der Waals surface area contributed by atoms with Crippen molar-refractivity contribution in [1.29, 1.82) is 0 Å². The molecule has 5 heteroatoms. The predicted octanol–water partition coefficient (Wildman–Crippen LogP) is 6.03. The van der Waals surface area contributed by atoms with Crippen LogP contribution in [0.1, 0.15) is 82.6 Å². The number of unbranched alkanes of at least 4 members (excludes halogenated alkanes) is 1. The van der Waals surface area contributed by atoms with Crippen LogP contribution >= 0.6 is 0 Å². The van der Waals surface area contributed by atoms with E-state index in [1.165, 1.54) is 50.5 Å². The Morgan fingerprint density at radius 2 is 1.76 bits per heavy atom. The molecule has 5 nitrogen and oxygen atoms in total. The first kappa shape index (κ1) is 24.5. The Bertz CT molecular complexity index is 729. The second-order valence-corrected chi connectivity index (χ2v) is 10.4. The molecule has 1 aromatic carbocycles. The molecule has 1 aliphatic carbocycles. The number of hydrogen-bond donors (Lipinski definition) is 1. The molecule has 0 amide bonds. The number of fused-ring (bicyclic) bond motifs is 2. The first-order chi connectivity index (χ1) is 16.2. The van der Waals surface area contributed by atoms with Crippen molar-refractivity contribution in [3.8, 4) is 5.75 Å². The van der Waals surface area contributed by atoms with Crippen molar-refractivity contribution in [3.05, 3.63) is 29.8 Å². The van der Waals surface area contributed by atoms with E-state index in [4.69, 9.17) is 19.3 Å². The lowest BCUT2D eigenvalue weighted by Crippen LogP contribution is -2.29. The van der Waals surface area contributed by atoms with Crippen LogP contribution in [-0.2, 0) is 20.7 Å². The summed E-state index contributed by atoms with van der Waals surface area (Å²) in [4.78, 5) is 10.6. The van der Waals surface area contributed by atoms with Gasteiger partial charge in [0.1, 0.15) is 5.75 Å². The van der Waals surface area contributed by atoms with Crippen LogP contribution in [0.25, 0.3) is 0 Å². The summed E-state index contributed by atoms with van der Waals surface area (Å²) in [5.41, 5.74) is 1.31. The summed E-state index contributed by atoms with van der Waals surface area (Å²) in [6, 6.07) is 8.39. The van der Waals surface area contributed by atoms with Crippen LogP contribution in [-0.4, -0.2) is 43.1 Å². The highest BCUT2D eigenvalue weighted by molar-refractivity contribution is 5.66. The molecule has 2 heterocycles. The van der Waals surface area contributed by atoms with Crippen molar-refractivity contribution in [3.63, 3.8) is 0 Å². The molecule has 2 bridgehead atoms. The first-order valence-corrected chi connectivity index (χ1v) is 13.4. The molecule has 0 aromatic heterocycles. The average Bonchev–Trinajstić information content (AvgIpc) is 3.43. The average molecular weight is 459 g/mol. The van der Waals surface area contributed by atoms with Gasteiger partial charge in [0.2, 0.25) is 0 Å². The highest BCUT2D eigenvalue weighted by atomic mass is 16.5. The molecule has 4 atom stereocenters. The van der Waals surface area contributed by atoms with Crippen molar-refractivity contribution >= 4 is 5.97 Å². The van der Waals surface area contributed by atoms with E-state index >= 15 is 0 Å². The molecule has 1 saturated carbocycles. The summed E-state index contributed by atoms with van der Waals surface area (Å²) in [5, 5.41) is 8.73. The Hall–Kier alpha value is -1.59. The number of aliphatic carboxylic acids is 1. The Morgan fingerprint density at radius 3 is 2.55 bits per heavy atom. The van der Waals surface area contributed by atoms with Crippen LogP contribution in [0, 0.1) is 17.8 Å². The smallest absolute Gasteiger partial charge is 0.303 e. The zero-order chi connectivity index (χ0) is 22.9. The third-order valence-corrected chi connectivity index (χ3v) is 7.98. The first-order valence-electron chi connectivity index (χ1n) is 13.4. The lowest BCUT2D eigenvalue weighted by atomic mass is 9.75. The molecule has 0 spiro atoms. The molecule has 184 valence electrons. The van der Waals surface area contributed by atoms with E-state index in [0.717, 1.165) is 50.6 Å². The number of rotatable bonds is 14. The van der Waals surface area contributed by atoms with Gasteiger partial charge in [-0.05, 0) is 93.2 Å². The van der Waals surface area contributed by atoms with E-state index in [1.807, 2.05) is 6.07 Å². The maximum Gasteiger partial charge on any atom is 0.303 e. The number of ether oxygens (including phenoxy) is 3. The zero-order valence-electron chi connectivity index (χ0n) is 20.1. The van der Waals surface area contributed by atoms with Crippen LogP contribution in [0.4, 0.5) is 0 Å². The topological polar surface area (TPSA) is 65.0 Å². The summed E-state index contributed by atoms with van der Waals surface area (Å²) in [6.45, 7) is 2.41. The Balaban J connectivity index is 1.19. The largest absolute Gasteiger partial charge is 0.494 e. The van der Waals surface area contributed by atoms with Crippen LogP contribution in [0.15, 0.2) is 24.3 Å². The number of benzene rings is 1. The minimum Gasteiger partial charge on any atom is -0.494 e. The molecule has 33 heavy (non-hydrogen) atoms. The Labute approximate surface area is 199 Å². The molecule has 1 aromatic rings. The van der Waals surface area contributed by atoms with Gasteiger partial charge in [0.15, 0.2) is 0 Å². The van der Waals surface area contributed by atoms with Gasteiger partial charge < -0.3 is 19.3 Å². The maximum absolute atomic E-state index is 10.6. The van der Waals surface area contributed by atoms with Gasteiger partial charge in [-0.2, -0.15) is 0 Å². The molecule has 3 aliphatic rings. The van der Waals surface area contributed by atoms with Crippen LogP contribution < -0.4 is 4.74 Å². The fourth-order valence-corrected chi connectivity index (χ4v) is 6.19. The lowest BCUT2D eigenvalue weighted by Gasteiger charge is -2.28. The predicted molar refractivity (Wildman–Crippen MR) is 129 cm³/mol. The number of carboxylic acids is 1. The molecule has 3 fully saturated rings. The lowest BCUT2D eigenvalue weighted by molar-refractivity contribution is -0.137. The standard InChI is InChI=1S/C28H42O5/c29-28(30)11-4-5-17-32-23-10-6-9-21(19-23)12-13-24-25(27-15-14-26(24)33-27)16-18-31-20-22-7-2-1-3-8-22/h6,9-10,19,22,24-27H,1-5,7-8,11-18,20H2,(H,29,30)/t24-,25+,26-,27+/m0/s1. The van der Waals surface area contributed by atoms with E-state index < -0.39 is 5.97 Å². The summed E-state index contributed by atoms with van der Waals surface area (Å²) in [5.74, 6) is 2.22. The van der Waals surface area contributed by atoms with E-state index in [1.54, 1.807) is 0 Å². The van der Waals surface area contributed by atoms with Crippen LogP contribution in [0.5, 0.6) is 5.75 Å². The molecular formula is C28H42O5. The van der Waals surface area contributed by atoms with Crippen molar-refractivity contribution in [2.75, 3.05) is 19.8 Å². The quantitative estimate of drug-likeness (QED) is 0.345. The van der Waals surface area contributed by atoms with Crippen molar-refractivity contribution in [2.45, 2.75) is 95.7 Å². The van der Waals surface area contributed by atoms with Gasteiger partial charge in [-0.25, -0.2) is 0 Å². The fourth-order valence-electron chi connectivity index (χ4n) is 6.19. The van der Waals surface area contributed by atoms with Gasteiger partial charge in [0.25, 0.3) is 0 Å². The second kappa shape index (κ2) is 12.8. The van der Waals surface area contributed by atoms with Gasteiger partial charge >= 0.3 is 5.97 Å². The fraction of sp³-hybridized carbons (Fsp3) is 0.750. The SMILES string of the molecule is O=C(O)CCCCOc1cccc(CC[C@H]2[C@@H](CCOCC3CCCCC3)[C@H]3CC[C@@H]2O3)c1. The minimum absolute atomic E-state index is 0.210. The number of carboxylic acid groups (broad SMARTS) is 1.